The van der Waals surface area contributed by atoms with Crippen molar-refractivity contribution in [3.63, 3.8) is 0 Å². The number of halogens is 3. The van der Waals surface area contributed by atoms with Crippen LogP contribution in [0.4, 0.5) is 24.0 Å². The molecule has 2 heterocycles. The largest absolute Gasteiger partial charge is 0.461 e. The van der Waals surface area contributed by atoms with E-state index in [2.05, 4.69) is 15.3 Å². The number of thiazole rings is 1. The zero-order valence-electron chi connectivity index (χ0n) is 16.7. The van der Waals surface area contributed by atoms with Crippen molar-refractivity contribution in [1.82, 2.24) is 4.98 Å². The fourth-order valence-electron chi connectivity index (χ4n) is 3.24. The van der Waals surface area contributed by atoms with E-state index in [0.717, 1.165) is 29.0 Å². The van der Waals surface area contributed by atoms with Gasteiger partial charge in [0.1, 0.15) is 0 Å². The number of esters is 1. The number of alkyl halides is 3. The molecular weight excluding hydrogens is 443 g/mol. The molecule has 1 N–H and O–H groups in total. The molecule has 164 valence electrons. The molecule has 0 atom stereocenters. The van der Waals surface area contributed by atoms with Crippen molar-refractivity contribution in [3.8, 4) is 0 Å². The van der Waals surface area contributed by atoms with E-state index >= 15 is 0 Å². The molecule has 10 heteroatoms. The van der Waals surface area contributed by atoms with Gasteiger partial charge < -0.3 is 4.74 Å². The van der Waals surface area contributed by atoms with Crippen LogP contribution in [0.1, 0.15) is 44.5 Å². The number of aliphatic imine (C=N–C) groups is 1. The number of para-hydroxylation sites is 1. The van der Waals surface area contributed by atoms with E-state index in [0.29, 0.717) is 23.4 Å². The Bertz CT molecular complexity index is 1230. The van der Waals surface area contributed by atoms with Gasteiger partial charge in [-0.05, 0) is 36.2 Å². The lowest BCUT2D eigenvalue weighted by Gasteiger charge is -2.08. The number of carbonyl (C=O) groups excluding carboxylic acids is 2. The molecule has 0 saturated heterocycles. The quantitative estimate of drug-likeness (QED) is 0.528. The highest BCUT2D eigenvalue weighted by molar-refractivity contribution is 7.14. The third-order valence-corrected chi connectivity index (χ3v) is 5.46. The fraction of sp³-hybridized carbons (Fsp3) is 0.182. The van der Waals surface area contributed by atoms with Gasteiger partial charge in [0.05, 0.1) is 29.1 Å². The van der Waals surface area contributed by atoms with Gasteiger partial charge in [-0.1, -0.05) is 24.3 Å². The third kappa shape index (κ3) is 4.40. The smallest absolute Gasteiger partial charge is 0.416 e. The Morgan fingerprint density at radius 1 is 1.19 bits per heavy atom. The van der Waals surface area contributed by atoms with Crippen molar-refractivity contribution in [2.24, 2.45) is 4.99 Å². The van der Waals surface area contributed by atoms with Crippen LogP contribution in [0.25, 0.3) is 0 Å². The van der Waals surface area contributed by atoms with Crippen molar-refractivity contribution in [1.29, 1.82) is 0 Å². The van der Waals surface area contributed by atoms with Crippen LogP contribution in [0.2, 0.25) is 0 Å². The summed E-state index contributed by atoms with van der Waals surface area (Å²) >= 11 is 1.08. The molecule has 1 amide bonds. The maximum Gasteiger partial charge on any atom is 0.416 e. The van der Waals surface area contributed by atoms with Gasteiger partial charge in [-0.2, -0.15) is 13.2 Å². The summed E-state index contributed by atoms with van der Waals surface area (Å²) in [7, 11) is 0. The molecule has 0 bridgehead atoms. The molecule has 2 aromatic carbocycles. The second-order valence-corrected chi connectivity index (χ2v) is 7.70. The molecule has 4 rings (SSSR count). The summed E-state index contributed by atoms with van der Waals surface area (Å²) in [6, 6.07) is 9.99. The Balaban J connectivity index is 1.58. The number of fused-ring (bicyclic) bond motifs is 1. The second-order valence-electron chi connectivity index (χ2n) is 6.84. The van der Waals surface area contributed by atoms with Gasteiger partial charge in [-0.25, -0.2) is 9.78 Å². The maximum atomic E-state index is 13.1. The average molecular weight is 459 g/mol. The van der Waals surface area contributed by atoms with Crippen molar-refractivity contribution in [2.75, 3.05) is 11.9 Å². The lowest BCUT2D eigenvalue weighted by atomic mass is 10.0. The van der Waals surface area contributed by atoms with Crippen molar-refractivity contribution in [3.05, 3.63) is 75.8 Å². The zero-order chi connectivity index (χ0) is 22.9. The minimum absolute atomic E-state index is 0.0929. The first-order valence-corrected chi connectivity index (χ1v) is 10.5. The van der Waals surface area contributed by atoms with E-state index < -0.39 is 23.6 Å². The summed E-state index contributed by atoms with van der Waals surface area (Å²) in [5.74, 6) is -1.07. The molecule has 32 heavy (non-hydrogen) atoms. The highest BCUT2D eigenvalue weighted by Crippen LogP contribution is 2.35. The summed E-state index contributed by atoms with van der Waals surface area (Å²) in [4.78, 5) is 33.1. The van der Waals surface area contributed by atoms with E-state index in [1.807, 2.05) is 0 Å². The van der Waals surface area contributed by atoms with Gasteiger partial charge in [0.25, 0.3) is 5.91 Å². The van der Waals surface area contributed by atoms with Crippen LogP contribution in [-0.2, 0) is 17.3 Å². The second kappa shape index (κ2) is 8.54. The summed E-state index contributed by atoms with van der Waals surface area (Å²) in [5.41, 5.74) is 1.53. The van der Waals surface area contributed by atoms with E-state index in [-0.39, 0.29) is 23.0 Å². The minimum atomic E-state index is -4.46. The van der Waals surface area contributed by atoms with Crippen molar-refractivity contribution >= 4 is 39.7 Å². The molecule has 0 fully saturated rings. The molecule has 0 aliphatic carbocycles. The number of nitrogens with zero attached hydrogens (tertiary/aromatic N) is 2. The highest BCUT2D eigenvalue weighted by atomic mass is 32.1. The summed E-state index contributed by atoms with van der Waals surface area (Å²) in [5, 5.41) is 4.33. The molecule has 0 radical (unpaired) electrons. The Hall–Kier alpha value is -3.53. The first-order chi connectivity index (χ1) is 15.3. The van der Waals surface area contributed by atoms with E-state index in [1.165, 1.54) is 11.4 Å². The Morgan fingerprint density at radius 2 is 1.97 bits per heavy atom. The lowest BCUT2D eigenvalue weighted by molar-refractivity contribution is -0.137. The van der Waals surface area contributed by atoms with Crippen LogP contribution in [0, 0.1) is 0 Å². The number of anilines is 1. The first-order valence-electron chi connectivity index (χ1n) is 9.57. The number of benzene rings is 2. The van der Waals surface area contributed by atoms with Gasteiger partial charge >= 0.3 is 12.1 Å². The SMILES string of the molecule is CCOC(=O)c1csc(NC(=O)c2cccc3c2N=C(c2cccc(C(F)(F)F)c2)C3)n1. The number of hydrogen-bond acceptors (Lipinski definition) is 6. The number of ether oxygens (including phenoxy) is 1. The number of hydrogen-bond donors (Lipinski definition) is 1. The molecule has 1 aliphatic rings. The topological polar surface area (TPSA) is 80.6 Å². The highest BCUT2D eigenvalue weighted by Gasteiger charge is 2.31. The molecular formula is C22H16F3N3O3S. The van der Waals surface area contributed by atoms with Crippen LogP contribution in [-0.4, -0.2) is 29.2 Å². The molecule has 1 aliphatic heterocycles. The molecule has 0 saturated carbocycles. The van der Waals surface area contributed by atoms with Crippen LogP contribution in [0.15, 0.2) is 52.8 Å². The summed E-state index contributed by atoms with van der Waals surface area (Å²) < 4.78 is 44.1. The molecule has 1 aromatic heterocycles. The number of nitrogens with one attached hydrogen (secondary N) is 1. The lowest BCUT2D eigenvalue weighted by Crippen LogP contribution is -2.12. The molecule has 0 unspecified atom stereocenters. The van der Waals surface area contributed by atoms with E-state index in [4.69, 9.17) is 4.74 Å². The Labute approximate surface area is 184 Å². The van der Waals surface area contributed by atoms with Crippen molar-refractivity contribution in [2.45, 2.75) is 19.5 Å². The normalized spacial score (nSPS) is 12.8. The Morgan fingerprint density at radius 3 is 2.72 bits per heavy atom. The fourth-order valence-corrected chi connectivity index (χ4v) is 3.92. The predicted octanol–water partition coefficient (Wildman–Crippen LogP) is 5.27. The van der Waals surface area contributed by atoms with Gasteiger partial charge in [0.2, 0.25) is 0 Å². The van der Waals surface area contributed by atoms with Gasteiger partial charge in [-0.3, -0.25) is 15.1 Å². The number of aromatic nitrogens is 1. The van der Waals surface area contributed by atoms with Gasteiger partial charge in [-0.15, -0.1) is 11.3 Å². The molecule has 3 aromatic rings. The van der Waals surface area contributed by atoms with Crippen molar-refractivity contribution < 1.29 is 27.5 Å². The zero-order valence-corrected chi connectivity index (χ0v) is 17.5. The van der Waals surface area contributed by atoms with Crippen LogP contribution in [0.3, 0.4) is 0 Å². The summed E-state index contributed by atoms with van der Waals surface area (Å²) in [6.45, 7) is 1.89. The maximum absolute atomic E-state index is 13.1. The van der Waals surface area contributed by atoms with Crippen LogP contribution >= 0.6 is 11.3 Å². The average Bonchev–Trinajstić information content (AvgIpc) is 3.40. The monoisotopic (exact) mass is 459 g/mol. The minimum Gasteiger partial charge on any atom is -0.461 e. The molecule has 6 nitrogen and oxygen atoms in total. The number of amides is 1. The van der Waals surface area contributed by atoms with E-state index in [1.54, 1.807) is 31.2 Å². The van der Waals surface area contributed by atoms with E-state index in [9.17, 15) is 22.8 Å². The number of rotatable bonds is 5. The van der Waals surface area contributed by atoms with Crippen LogP contribution in [0.5, 0.6) is 0 Å². The standard InChI is InChI=1S/C22H16F3N3O3S/c1-2-31-20(30)17-11-32-21(27-17)28-19(29)15-8-4-6-13-10-16(26-18(13)15)12-5-3-7-14(9-12)22(23,24)25/h3-9,11H,2,10H2,1H3,(H,27,28,29). The van der Waals surface area contributed by atoms with Gasteiger partial charge in [0.15, 0.2) is 10.8 Å². The molecule has 0 spiro atoms. The van der Waals surface area contributed by atoms with Crippen LogP contribution < -0.4 is 5.32 Å². The third-order valence-electron chi connectivity index (χ3n) is 4.70. The first kappa shape index (κ1) is 21.7. The Kier molecular flexibility index (Phi) is 5.79. The van der Waals surface area contributed by atoms with Gasteiger partial charge in [0, 0.05) is 11.8 Å². The summed E-state index contributed by atoms with van der Waals surface area (Å²) in [6.07, 6.45) is -4.15. The number of carbonyl (C=O) groups is 2. The predicted molar refractivity (Wildman–Crippen MR) is 114 cm³/mol.